The lowest BCUT2D eigenvalue weighted by molar-refractivity contribution is -0.142. The minimum absolute atomic E-state index is 0.161. The van der Waals surface area contributed by atoms with Gasteiger partial charge in [-0.2, -0.15) is 0 Å². The number of nitrogens with zero attached hydrogens (tertiary/aromatic N) is 2. The lowest BCUT2D eigenvalue weighted by Gasteiger charge is -2.02. The molecule has 0 radical (unpaired) electrons. The van der Waals surface area contributed by atoms with Crippen LogP contribution in [0.3, 0.4) is 0 Å². The number of ether oxygens (including phenoxy) is 1. The Balaban J connectivity index is 1.72. The quantitative estimate of drug-likeness (QED) is 0.625. The number of thiazole rings is 1. The van der Waals surface area contributed by atoms with Gasteiger partial charge in [-0.1, -0.05) is 0 Å². The molecule has 0 spiro atoms. The van der Waals surface area contributed by atoms with Gasteiger partial charge in [-0.25, -0.2) is 4.98 Å². The summed E-state index contributed by atoms with van der Waals surface area (Å²) in [5.41, 5.74) is 0.987. The number of carbonyl (C=O) groups is 1. The topological polar surface area (TPSA) is 55.6 Å². The Hall–Kier alpha value is -1.40. The Morgan fingerprint density at radius 3 is 3.29 bits per heavy atom. The molecule has 0 aromatic carbocycles. The number of aromatic nitrogens is 2. The van der Waals surface area contributed by atoms with E-state index in [-0.39, 0.29) is 5.97 Å². The molecule has 2 rings (SSSR count). The molecular weight excluding hydrogens is 238 g/mol. The van der Waals surface area contributed by atoms with Gasteiger partial charge in [0.05, 0.1) is 18.7 Å². The van der Waals surface area contributed by atoms with E-state index < -0.39 is 0 Å². The highest BCUT2D eigenvalue weighted by Gasteiger charge is 2.03. The largest absolute Gasteiger partial charge is 0.466 e. The van der Waals surface area contributed by atoms with Crippen molar-refractivity contribution in [1.29, 1.82) is 0 Å². The first-order valence-electron chi connectivity index (χ1n) is 5.57. The number of imidazole rings is 1. The van der Waals surface area contributed by atoms with Gasteiger partial charge in [0.1, 0.15) is 0 Å². The van der Waals surface area contributed by atoms with Crippen LogP contribution in [-0.2, 0) is 16.1 Å². The van der Waals surface area contributed by atoms with Gasteiger partial charge in [-0.3, -0.25) is 9.20 Å². The molecule has 0 unspecified atom stereocenters. The fourth-order valence-corrected chi connectivity index (χ4v) is 2.22. The molecule has 2 heterocycles. The van der Waals surface area contributed by atoms with Crippen LogP contribution in [0.4, 0.5) is 0 Å². The third kappa shape index (κ3) is 3.28. The molecule has 0 fully saturated rings. The zero-order valence-electron chi connectivity index (χ0n) is 9.68. The van der Waals surface area contributed by atoms with Crippen molar-refractivity contribution in [2.75, 3.05) is 13.2 Å². The van der Waals surface area contributed by atoms with Gasteiger partial charge in [0.25, 0.3) is 0 Å². The molecule has 0 saturated heterocycles. The summed E-state index contributed by atoms with van der Waals surface area (Å²) in [4.78, 5) is 16.5. The predicted octanol–water partition coefficient (Wildman–Crippen LogP) is 1.44. The van der Waals surface area contributed by atoms with Gasteiger partial charge in [-0.15, -0.1) is 11.3 Å². The molecule has 0 aliphatic rings. The number of hydrogen-bond donors (Lipinski definition) is 1. The number of rotatable bonds is 6. The Bertz CT molecular complexity index is 463. The summed E-state index contributed by atoms with van der Waals surface area (Å²) in [6.45, 7) is 3.54. The van der Waals surface area contributed by atoms with Crippen LogP contribution in [0, 0.1) is 0 Å². The summed E-state index contributed by atoms with van der Waals surface area (Å²) >= 11 is 1.61. The molecule has 5 nitrogen and oxygen atoms in total. The van der Waals surface area contributed by atoms with E-state index in [9.17, 15) is 4.79 Å². The molecular formula is C11H15N3O2S. The molecule has 0 saturated carbocycles. The summed E-state index contributed by atoms with van der Waals surface area (Å²) in [5, 5.41) is 5.17. The molecule has 17 heavy (non-hydrogen) atoms. The molecule has 0 amide bonds. The maximum Gasteiger partial charge on any atom is 0.307 e. The zero-order valence-corrected chi connectivity index (χ0v) is 10.5. The van der Waals surface area contributed by atoms with E-state index in [1.54, 1.807) is 11.3 Å². The normalized spacial score (nSPS) is 10.9. The smallest absolute Gasteiger partial charge is 0.307 e. The second kappa shape index (κ2) is 5.79. The van der Waals surface area contributed by atoms with Crippen LogP contribution in [-0.4, -0.2) is 28.5 Å². The van der Waals surface area contributed by atoms with Gasteiger partial charge < -0.3 is 10.1 Å². The van der Waals surface area contributed by atoms with Crippen molar-refractivity contribution < 1.29 is 9.53 Å². The van der Waals surface area contributed by atoms with Crippen LogP contribution in [0.15, 0.2) is 17.8 Å². The third-order valence-corrected chi connectivity index (χ3v) is 3.03. The lowest BCUT2D eigenvalue weighted by atomic mass is 10.4. The summed E-state index contributed by atoms with van der Waals surface area (Å²) in [5.74, 6) is -0.161. The van der Waals surface area contributed by atoms with E-state index in [1.807, 2.05) is 29.1 Å². The second-order valence-electron chi connectivity index (χ2n) is 3.56. The summed E-state index contributed by atoms with van der Waals surface area (Å²) in [6.07, 6.45) is 4.37. The maximum absolute atomic E-state index is 11.1. The first kappa shape index (κ1) is 12.1. The molecule has 0 aliphatic heterocycles. The van der Waals surface area contributed by atoms with E-state index in [4.69, 9.17) is 4.74 Å². The Labute approximate surface area is 103 Å². The van der Waals surface area contributed by atoms with Gasteiger partial charge in [0.15, 0.2) is 4.96 Å². The van der Waals surface area contributed by atoms with Crippen molar-refractivity contribution in [2.45, 2.75) is 19.9 Å². The molecule has 0 aliphatic carbocycles. The third-order valence-electron chi connectivity index (χ3n) is 2.26. The first-order chi connectivity index (χ1) is 8.29. The molecule has 2 aromatic heterocycles. The van der Waals surface area contributed by atoms with Crippen LogP contribution in [0.25, 0.3) is 4.96 Å². The fraction of sp³-hybridized carbons (Fsp3) is 0.455. The molecule has 2 aromatic rings. The van der Waals surface area contributed by atoms with Crippen LogP contribution < -0.4 is 5.32 Å². The summed E-state index contributed by atoms with van der Waals surface area (Å²) < 4.78 is 6.83. The van der Waals surface area contributed by atoms with Crippen LogP contribution >= 0.6 is 11.3 Å². The highest BCUT2D eigenvalue weighted by molar-refractivity contribution is 7.15. The average molecular weight is 253 g/mol. The monoisotopic (exact) mass is 253 g/mol. The van der Waals surface area contributed by atoms with E-state index in [0.29, 0.717) is 26.1 Å². The number of carbonyl (C=O) groups excluding carboxylic acids is 1. The molecule has 0 atom stereocenters. The first-order valence-corrected chi connectivity index (χ1v) is 6.45. The summed E-state index contributed by atoms with van der Waals surface area (Å²) in [7, 11) is 0. The number of nitrogens with one attached hydrogen (secondary N) is 1. The molecule has 92 valence electrons. The van der Waals surface area contributed by atoms with Gasteiger partial charge >= 0.3 is 5.97 Å². The minimum Gasteiger partial charge on any atom is -0.466 e. The lowest BCUT2D eigenvalue weighted by Crippen LogP contribution is -2.19. The SMILES string of the molecule is CCOC(=O)CCNCc1cn2ccsc2n1. The van der Waals surface area contributed by atoms with Crippen molar-refractivity contribution in [1.82, 2.24) is 14.7 Å². The van der Waals surface area contributed by atoms with Crippen molar-refractivity contribution in [3.63, 3.8) is 0 Å². The highest BCUT2D eigenvalue weighted by Crippen LogP contribution is 2.10. The Kier molecular flexibility index (Phi) is 4.11. The van der Waals surface area contributed by atoms with Crippen LogP contribution in [0.5, 0.6) is 0 Å². The van der Waals surface area contributed by atoms with Gasteiger partial charge in [0, 0.05) is 30.9 Å². The van der Waals surface area contributed by atoms with Crippen molar-refractivity contribution in [3.8, 4) is 0 Å². The fourth-order valence-electron chi connectivity index (χ4n) is 1.50. The van der Waals surface area contributed by atoms with Gasteiger partial charge in [0.2, 0.25) is 0 Å². The van der Waals surface area contributed by atoms with Crippen LogP contribution in [0.2, 0.25) is 0 Å². The van der Waals surface area contributed by atoms with Crippen molar-refractivity contribution in [2.24, 2.45) is 0 Å². The Morgan fingerprint density at radius 1 is 1.65 bits per heavy atom. The van der Waals surface area contributed by atoms with Gasteiger partial charge in [-0.05, 0) is 6.92 Å². The second-order valence-corrected chi connectivity index (χ2v) is 4.43. The molecule has 6 heteroatoms. The molecule has 0 bridgehead atoms. The van der Waals surface area contributed by atoms with E-state index in [0.717, 1.165) is 10.7 Å². The van der Waals surface area contributed by atoms with Crippen molar-refractivity contribution in [3.05, 3.63) is 23.5 Å². The predicted molar refractivity (Wildman–Crippen MR) is 66.0 cm³/mol. The number of fused-ring (bicyclic) bond motifs is 1. The number of esters is 1. The van der Waals surface area contributed by atoms with Crippen LogP contribution in [0.1, 0.15) is 19.0 Å². The minimum atomic E-state index is -0.161. The van der Waals surface area contributed by atoms with E-state index >= 15 is 0 Å². The van der Waals surface area contributed by atoms with Crippen molar-refractivity contribution >= 4 is 22.3 Å². The highest BCUT2D eigenvalue weighted by atomic mass is 32.1. The average Bonchev–Trinajstić information content (AvgIpc) is 2.85. The zero-order chi connectivity index (χ0) is 12.1. The number of hydrogen-bond acceptors (Lipinski definition) is 5. The summed E-state index contributed by atoms with van der Waals surface area (Å²) in [6, 6.07) is 0. The maximum atomic E-state index is 11.1. The Morgan fingerprint density at radius 2 is 2.53 bits per heavy atom. The van der Waals surface area contributed by atoms with E-state index in [2.05, 4.69) is 10.3 Å². The van der Waals surface area contributed by atoms with E-state index in [1.165, 1.54) is 0 Å². The molecule has 1 N–H and O–H groups in total. The standard InChI is InChI=1S/C11H15N3O2S/c1-2-16-10(15)3-4-12-7-9-8-14-5-6-17-11(14)13-9/h5-6,8,12H,2-4,7H2,1H3.